The van der Waals surface area contributed by atoms with E-state index >= 15 is 0 Å². The van der Waals surface area contributed by atoms with Crippen molar-refractivity contribution < 1.29 is 59.5 Å². The van der Waals surface area contributed by atoms with Gasteiger partial charge in [0.05, 0.1) is 18.8 Å². The lowest BCUT2D eigenvalue weighted by Gasteiger charge is -2.49. The third-order valence-electron chi connectivity index (χ3n) is 8.71. The minimum atomic E-state index is -1.70. The number of likely N-dealkylation sites (N-methyl/N-ethyl adjacent to an activating group) is 1. The van der Waals surface area contributed by atoms with Gasteiger partial charge in [0.1, 0.15) is 54.4 Å². The molecule has 1 aliphatic carbocycles. The number of aliphatic hydroxyl groups is 7. The standard InChI is InChI=1S/C27H53N5O12/c1-27(40)11-41-25(21(39)24(27)31-2)43-22-12(9-15(34)14(33)4-6-29)8-13(30)23(20(22)38)44-26-19(37)18(36)17(35)16(42-26)10-32-7-3-5-28/h12-14,16-26,31-33,35-40H,3-11,28-30H2,1-2H3/t12-,13-,14-,16+,17+,18-,19+,20+,21+,22-,23?,24+,25+,26+,27-/m0/s1. The summed E-state index contributed by atoms with van der Waals surface area (Å²) in [6.45, 7) is 2.43. The highest BCUT2D eigenvalue weighted by atomic mass is 16.7. The zero-order chi connectivity index (χ0) is 32.8. The Bertz CT molecular complexity index is 892. The Labute approximate surface area is 257 Å². The summed E-state index contributed by atoms with van der Waals surface area (Å²) in [5.41, 5.74) is 16.0. The molecule has 0 aromatic heterocycles. The van der Waals surface area contributed by atoms with E-state index in [1.807, 2.05) is 0 Å². The third-order valence-corrected chi connectivity index (χ3v) is 8.71. The first-order valence-electron chi connectivity index (χ1n) is 15.2. The monoisotopic (exact) mass is 639 g/mol. The molecule has 1 unspecified atom stereocenters. The average Bonchev–Trinajstić information content (AvgIpc) is 2.97. The lowest BCUT2D eigenvalue weighted by atomic mass is 9.76. The number of nitrogens with one attached hydrogen (secondary N) is 2. The second-order valence-electron chi connectivity index (χ2n) is 12.3. The highest BCUT2D eigenvalue weighted by Crippen LogP contribution is 2.36. The van der Waals surface area contributed by atoms with Gasteiger partial charge in [0.15, 0.2) is 18.4 Å². The fourth-order valence-electron chi connectivity index (χ4n) is 6.17. The third kappa shape index (κ3) is 8.88. The topological polar surface area (TPSA) is 298 Å². The number of ether oxygens (including phenoxy) is 4. The summed E-state index contributed by atoms with van der Waals surface area (Å²) in [6.07, 6.45) is -14.9. The fraction of sp³-hybridized carbons (Fsp3) is 0.963. The number of aliphatic hydroxyl groups excluding tert-OH is 6. The van der Waals surface area contributed by atoms with Crippen LogP contribution in [0.2, 0.25) is 0 Å². The molecule has 3 fully saturated rings. The number of ketones is 1. The molecule has 1 saturated carbocycles. The molecule has 0 radical (unpaired) electrons. The van der Waals surface area contributed by atoms with Crippen LogP contribution in [0.1, 0.15) is 32.6 Å². The van der Waals surface area contributed by atoms with Gasteiger partial charge in [0.2, 0.25) is 0 Å². The van der Waals surface area contributed by atoms with E-state index in [0.717, 1.165) is 0 Å². The summed E-state index contributed by atoms with van der Waals surface area (Å²) < 4.78 is 23.4. The molecule has 3 rings (SSSR count). The van der Waals surface area contributed by atoms with Crippen LogP contribution in [0.4, 0.5) is 0 Å². The molecule has 2 aliphatic heterocycles. The van der Waals surface area contributed by atoms with Gasteiger partial charge in [-0.05, 0) is 58.8 Å². The summed E-state index contributed by atoms with van der Waals surface area (Å²) in [5.74, 6) is -1.31. The van der Waals surface area contributed by atoms with Crippen molar-refractivity contribution in [2.24, 2.45) is 23.1 Å². The number of nitrogens with two attached hydrogens (primary N) is 3. The van der Waals surface area contributed by atoms with Crippen molar-refractivity contribution in [3.05, 3.63) is 0 Å². The molecule has 0 bridgehead atoms. The molecule has 15 N–H and O–H groups in total. The number of carbonyl (C=O) groups excluding carboxylic acids is 1. The maximum Gasteiger partial charge on any atom is 0.187 e. The predicted octanol–water partition coefficient (Wildman–Crippen LogP) is -6.06. The summed E-state index contributed by atoms with van der Waals surface area (Å²) in [4.78, 5) is 12.8. The summed E-state index contributed by atoms with van der Waals surface area (Å²) >= 11 is 0. The maximum atomic E-state index is 12.8. The van der Waals surface area contributed by atoms with Crippen LogP contribution in [0, 0.1) is 5.92 Å². The van der Waals surface area contributed by atoms with Crippen molar-refractivity contribution in [1.29, 1.82) is 0 Å². The molecule has 17 nitrogen and oxygen atoms in total. The van der Waals surface area contributed by atoms with Gasteiger partial charge in [0, 0.05) is 19.0 Å². The van der Waals surface area contributed by atoms with Gasteiger partial charge in [-0.2, -0.15) is 0 Å². The lowest BCUT2D eigenvalue weighted by molar-refractivity contribution is -0.333. The minimum absolute atomic E-state index is 0.0358. The minimum Gasteiger partial charge on any atom is -0.388 e. The van der Waals surface area contributed by atoms with E-state index in [1.165, 1.54) is 6.92 Å². The first-order valence-corrected chi connectivity index (χ1v) is 15.2. The van der Waals surface area contributed by atoms with Gasteiger partial charge in [-0.15, -0.1) is 0 Å². The van der Waals surface area contributed by atoms with Crippen molar-refractivity contribution in [2.75, 3.05) is 39.8 Å². The summed E-state index contributed by atoms with van der Waals surface area (Å²) in [5, 5.41) is 80.9. The zero-order valence-corrected chi connectivity index (χ0v) is 25.4. The molecule has 0 aromatic carbocycles. The van der Waals surface area contributed by atoms with Gasteiger partial charge >= 0.3 is 0 Å². The SMILES string of the molecule is CN[C@@H]1[C@@H](O)[C@@H](O[C@H]2[C@H](CC(=O)[C@@H](O)CCN)C[C@H](N)C(O[C@H]3O[C@H](CNCCCN)[C@@H](O)[C@H](O)[C@H]3O)[C@@H]2O)OC[C@]1(C)O. The molecule has 2 saturated heterocycles. The number of hydrogen-bond acceptors (Lipinski definition) is 17. The maximum absolute atomic E-state index is 12.8. The van der Waals surface area contributed by atoms with E-state index < -0.39 is 96.9 Å². The molecule has 44 heavy (non-hydrogen) atoms. The van der Waals surface area contributed by atoms with Crippen molar-refractivity contribution in [2.45, 2.75) is 118 Å². The molecule has 0 aromatic rings. The van der Waals surface area contributed by atoms with Crippen molar-refractivity contribution in [1.82, 2.24) is 10.6 Å². The molecule has 0 spiro atoms. The number of hydrogen-bond donors (Lipinski definition) is 12. The van der Waals surface area contributed by atoms with E-state index in [-0.39, 0.29) is 39.0 Å². The quantitative estimate of drug-likeness (QED) is 0.0742. The second kappa shape index (κ2) is 16.7. The Hall–Kier alpha value is -0.970. The first kappa shape index (κ1) is 37.5. The normalized spacial score (nSPS) is 44.0. The van der Waals surface area contributed by atoms with Crippen LogP contribution in [0.15, 0.2) is 0 Å². The van der Waals surface area contributed by atoms with Crippen LogP contribution >= 0.6 is 0 Å². The van der Waals surface area contributed by atoms with Gasteiger partial charge in [-0.1, -0.05) is 0 Å². The van der Waals surface area contributed by atoms with Crippen molar-refractivity contribution in [3.63, 3.8) is 0 Å². The van der Waals surface area contributed by atoms with Crippen molar-refractivity contribution >= 4 is 5.78 Å². The number of rotatable bonds is 15. The molecule has 0 amide bonds. The van der Waals surface area contributed by atoms with E-state index in [9.17, 15) is 40.5 Å². The zero-order valence-electron chi connectivity index (χ0n) is 25.4. The first-order chi connectivity index (χ1) is 20.8. The smallest absolute Gasteiger partial charge is 0.187 e. The van der Waals surface area contributed by atoms with Gasteiger partial charge < -0.3 is 82.5 Å². The Morgan fingerprint density at radius 3 is 2.32 bits per heavy atom. The molecule has 15 atom stereocenters. The van der Waals surface area contributed by atoms with E-state index in [1.54, 1.807) is 7.05 Å². The van der Waals surface area contributed by atoms with E-state index in [2.05, 4.69) is 10.6 Å². The van der Waals surface area contributed by atoms with Gasteiger partial charge in [-0.3, -0.25) is 4.79 Å². The molecule has 2 heterocycles. The van der Waals surface area contributed by atoms with Crippen LogP contribution in [-0.4, -0.2) is 167 Å². The van der Waals surface area contributed by atoms with E-state index in [4.69, 9.17) is 36.1 Å². The Morgan fingerprint density at radius 2 is 1.68 bits per heavy atom. The van der Waals surface area contributed by atoms with E-state index in [0.29, 0.717) is 19.5 Å². The van der Waals surface area contributed by atoms with Crippen LogP contribution in [-0.2, 0) is 23.7 Å². The molecule has 3 aliphatic rings. The number of Topliss-reactive ketones (excluding diaryl/α,β-unsaturated/α-hetero) is 1. The summed E-state index contributed by atoms with van der Waals surface area (Å²) in [6, 6.07) is -1.80. The van der Waals surface area contributed by atoms with Crippen molar-refractivity contribution in [3.8, 4) is 0 Å². The van der Waals surface area contributed by atoms with Crippen LogP contribution in [0.3, 0.4) is 0 Å². The molecule has 258 valence electrons. The van der Waals surface area contributed by atoms with Crippen LogP contribution < -0.4 is 27.8 Å². The molecular formula is C27H53N5O12. The summed E-state index contributed by atoms with van der Waals surface area (Å²) in [7, 11) is 1.55. The largest absolute Gasteiger partial charge is 0.388 e. The number of carbonyl (C=O) groups is 1. The average molecular weight is 640 g/mol. The Balaban J connectivity index is 1.81. The fourth-order valence-corrected chi connectivity index (χ4v) is 6.17. The Kier molecular flexibility index (Phi) is 14.3. The van der Waals surface area contributed by atoms with Gasteiger partial charge in [0.25, 0.3) is 0 Å². The highest BCUT2D eigenvalue weighted by molar-refractivity contribution is 5.83. The van der Waals surface area contributed by atoms with Crippen LogP contribution in [0.25, 0.3) is 0 Å². The predicted molar refractivity (Wildman–Crippen MR) is 154 cm³/mol. The van der Waals surface area contributed by atoms with Gasteiger partial charge in [-0.25, -0.2) is 0 Å². The highest BCUT2D eigenvalue weighted by Gasteiger charge is 2.53. The second-order valence-corrected chi connectivity index (χ2v) is 12.3. The van der Waals surface area contributed by atoms with Crippen LogP contribution in [0.5, 0.6) is 0 Å². The molecule has 17 heteroatoms. The molecular weight excluding hydrogens is 586 g/mol. The Morgan fingerprint density at radius 1 is 1.00 bits per heavy atom. The lowest BCUT2D eigenvalue weighted by Crippen LogP contribution is -2.67.